The van der Waals surface area contributed by atoms with Gasteiger partial charge in [0.25, 0.3) is 0 Å². The molecule has 2 rings (SSSR count). The van der Waals surface area contributed by atoms with Crippen LogP contribution in [0.1, 0.15) is 65.2 Å². The van der Waals surface area contributed by atoms with Crippen LogP contribution in [0, 0.1) is 11.3 Å². The summed E-state index contributed by atoms with van der Waals surface area (Å²) in [7, 11) is 0. The lowest BCUT2D eigenvalue weighted by molar-refractivity contribution is -0.152. The Morgan fingerprint density at radius 3 is 2.47 bits per heavy atom. The summed E-state index contributed by atoms with van der Waals surface area (Å²) in [6.07, 6.45) is 9.15. The molecule has 0 aromatic carbocycles. The van der Waals surface area contributed by atoms with Crippen molar-refractivity contribution in [2.75, 3.05) is 13.1 Å². The number of aliphatic carboxylic acids is 1. The molecule has 110 valence electrons. The van der Waals surface area contributed by atoms with Gasteiger partial charge < -0.3 is 10.0 Å². The lowest BCUT2D eigenvalue weighted by atomic mass is 9.76. The highest BCUT2D eigenvalue weighted by Crippen LogP contribution is 2.37. The van der Waals surface area contributed by atoms with Crippen molar-refractivity contribution in [1.82, 2.24) is 4.90 Å². The van der Waals surface area contributed by atoms with Gasteiger partial charge in [0.2, 0.25) is 0 Å². The monoisotopic (exact) mass is 267 g/mol. The Morgan fingerprint density at radius 2 is 1.89 bits per heavy atom. The van der Waals surface area contributed by atoms with Gasteiger partial charge in [0.05, 0.1) is 5.41 Å². The summed E-state index contributed by atoms with van der Waals surface area (Å²) >= 11 is 0. The van der Waals surface area contributed by atoms with E-state index in [4.69, 9.17) is 0 Å². The first-order chi connectivity index (χ1) is 9.07. The Bertz CT molecular complexity index is 308. The van der Waals surface area contributed by atoms with Crippen molar-refractivity contribution in [3.63, 3.8) is 0 Å². The van der Waals surface area contributed by atoms with E-state index >= 15 is 0 Å². The minimum atomic E-state index is -0.580. The van der Waals surface area contributed by atoms with Gasteiger partial charge in [-0.15, -0.1) is 0 Å². The highest BCUT2D eigenvalue weighted by atomic mass is 16.4. The van der Waals surface area contributed by atoms with Gasteiger partial charge in [0.1, 0.15) is 0 Å². The maximum Gasteiger partial charge on any atom is 0.309 e. The maximum atomic E-state index is 11.5. The zero-order chi connectivity index (χ0) is 13.9. The molecule has 1 heterocycles. The Labute approximate surface area is 117 Å². The third-order valence-electron chi connectivity index (χ3n) is 5.63. The number of hydrogen-bond donors (Lipinski definition) is 1. The second-order valence-corrected chi connectivity index (χ2v) is 6.74. The van der Waals surface area contributed by atoms with Crippen molar-refractivity contribution in [2.45, 2.75) is 71.3 Å². The first-order valence-electron chi connectivity index (χ1n) is 8.05. The first kappa shape index (κ1) is 14.8. The van der Waals surface area contributed by atoms with Crippen LogP contribution in [0.25, 0.3) is 0 Å². The van der Waals surface area contributed by atoms with Gasteiger partial charge in [-0.1, -0.05) is 26.7 Å². The number of hydrogen-bond acceptors (Lipinski definition) is 2. The molecule has 1 aliphatic carbocycles. The summed E-state index contributed by atoms with van der Waals surface area (Å²) in [4.78, 5) is 14.0. The van der Waals surface area contributed by atoms with Gasteiger partial charge in [-0.3, -0.25) is 4.79 Å². The van der Waals surface area contributed by atoms with E-state index in [9.17, 15) is 9.90 Å². The van der Waals surface area contributed by atoms with Gasteiger partial charge in [-0.2, -0.15) is 0 Å². The smallest absolute Gasteiger partial charge is 0.309 e. The van der Waals surface area contributed by atoms with Crippen LogP contribution in [0.3, 0.4) is 0 Å². The molecule has 1 aliphatic heterocycles. The molecule has 1 N–H and O–H groups in total. The molecule has 1 saturated carbocycles. The zero-order valence-corrected chi connectivity index (χ0v) is 12.5. The Hall–Kier alpha value is -0.570. The van der Waals surface area contributed by atoms with E-state index in [0.717, 1.165) is 38.3 Å². The average Bonchev–Trinajstić information content (AvgIpc) is 2.63. The van der Waals surface area contributed by atoms with E-state index in [1.807, 2.05) is 6.92 Å². The summed E-state index contributed by atoms with van der Waals surface area (Å²) in [5, 5.41) is 9.45. The predicted octanol–water partition coefficient (Wildman–Crippen LogP) is 3.53. The van der Waals surface area contributed by atoms with Gasteiger partial charge in [-0.25, -0.2) is 0 Å². The number of likely N-dealkylation sites (tertiary alicyclic amines) is 1. The molecule has 1 saturated heterocycles. The topological polar surface area (TPSA) is 40.5 Å². The van der Waals surface area contributed by atoms with Crippen molar-refractivity contribution < 1.29 is 9.90 Å². The minimum absolute atomic E-state index is 0.436. The molecule has 0 spiro atoms. The molecular formula is C16H29NO2. The second kappa shape index (κ2) is 6.25. The van der Waals surface area contributed by atoms with Crippen LogP contribution in [0.2, 0.25) is 0 Å². The van der Waals surface area contributed by atoms with Crippen LogP contribution < -0.4 is 0 Å². The fraction of sp³-hybridized carbons (Fsp3) is 0.938. The Kier molecular flexibility index (Phi) is 4.88. The molecule has 3 heteroatoms. The fourth-order valence-corrected chi connectivity index (χ4v) is 3.87. The number of carboxylic acid groups (broad SMARTS) is 1. The molecule has 2 fully saturated rings. The third-order valence-corrected chi connectivity index (χ3v) is 5.63. The van der Waals surface area contributed by atoms with Crippen molar-refractivity contribution in [2.24, 2.45) is 11.3 Å². The molecule has 0 amide bonds. The highest BCUT2D eigenvalue weighted by Gasteiger charge is 2.41. The quantitative estimate of drug-likeness (QED) is 0.795. The normalized spacial score (nSPS) is 32.7. The average molecular weight is 267 g/mol. The molecule has 19 heavy (non-hydrogen) atoms. The van der Waals surface area contributed by atoms with E-state index in [2.05, 4.69) is 11.8 Å². The van der Waals surface area contributed by atoms with E-state index in [-0.39, 0.29) is 0 Å². The van der Waals surface area contributed by atoms with Crippen molar-refractivity contribution in [1.29, 1.82) is 0 Å². The van der Waals surface area contributed by atoms with E-state index in [1.165, 1.54) is 32.1 Å². The van der Waals surface area contributed by atoms with Crippen LogP contribution >= 0.6 is 0 Å². The summed E-state index contributed by atoms with van der Waals surface area (Å²) in [5.74, 6) is 0.299. The van der Waals surface area contributed by atoms with Gasteiger partial charge >= 0.3 is 5.97 Å². The van der Waals surface area contributed by atoms with E-state index < -0.39 is 11.4 Å². The third kappa shape index (κ3) is 3.31. The molecule has 2 unspecified atom stereocenters. The first-order valence-corrected chi connectivity index (χ1v) is 8.05. The van der Waals surface area contributed by atoms with Crippen molar-refractivity contribution >= 4 is 5.97 Å². The number of piperidine rings is 1. The van der Waals surface area contributed by atoms with E-state index in [0.29, 0.717) is 6.04 Å². The van der Waals surface area contributed by atoms with Crippen LogP contribution in [-0.2, 0) is 4.79 Å². The molecule has 0 bridgehead atoms. The SMILES string of the molecule is CCC1(C(=O)O)CCN(C2CCCC(C)CC2)CC1. The van der Waals surface area contributed by atoms with Crippen LogP contribution in [0.5, 0.6) is 0 Å². The lowest BCUT2D eigenvalue weighted by Gasteiger charge is -2.41. The number of carbonyl (C=O) groups is 1. The van der Waals surface area contributed by atoms with Crippen LogP contribution in [0.4, 0.5) is 0 Å². The number of carboxylic acids is 1. The molecule has 0 aromatic rings. The standard InChI is InChI=1S/C16H29NO2/c1-3-16(15(18)19)9-11-17(12-10-16)14-6-4-5-13(2)7-8-14/h13-14H,3-12H2,1-2H3,(H,18,19). The predicted molar refractivity (Wildman–Crippen MR) is 77.2 cm³/mol. The Balaban J connectivity index is 1.90. The maximum absolute atomic E-state index is 11.5. The fourth-order valence-electron chi connectivity index (χ4n) is 3.87. The summed E-state index contributed by atoms with van der Waals surface area (Å²) in [6, 6.07) is 0.716. The molecular weight excluding hydrogens is 238 g/mol. The molecule has 3 nitrogen and oxygen atoms in total. The zero-order valence-electron chi connectivity index (χ0n) is 12.5. The minimum Gasteiger partial charge on any atom is -0.481 e. The summed E-state index contributed by atoms with van der Waals surface area (Å²) in [6.45, 7) is 6.36. The van der Waals surface area contributed by atoms with E-state index in [1.54, 1.807) is 0 Å². The number of nitrogens with zero attached hydrogens (tertiary/aromatic N) is 1. The Morgan fingerprint density at radius 1 is 1.21 bits per heavy atom. The largest absolute Gasteiger partial charge is 0.481 e. The van der Waals surface area contributed by atoms with Crippen LogP contribution in [-0.4, -0.2) is 35.1 Å². The summed E-state index contributed by atoms with van der Waals surface area (Å²) in [5.41, 5.74) is -0.436. The van der Waals surface area contributed by atoms with Gasteiger partial charge in [0, 0.05) is 6.04 Å². The highest BCUT2D eigenvalue weighted by molar-refractivity contribution is 5.74. The molecule has 0 radical (unpaired) electrons. The molecule has 2 aliphatic rings. The van der Waals surface area contributed by atoms with Crippen molar-refractivity contribution in [3.8, 4) is 0 Å². The van der Waals surface area contributed by atoms with Gasteiger partial charge in [0.15, 0.2) is 0 Å². The van der Waals surface area contributed by atoms with Crippen LogP contribution in [0.15, 0.2) is 0 Å². The molecule has 2 atom stereocenters. The molecule has 0 aromatic heterocycles. The number of rotatable bonds is 3. The van der Waals surface area contributed by atoms with Crippen molar-refractivity contribution in [3.05, 3.63) is 0 Å². The van der Waals surface area contributed by atoms with Gasteiger partial charge in [-0.05, 0) is 57.5 Å². The summed E-state index contributed by atoms with van der Waals surface area (Å²) < 4.78 is 0. The lowest BCUT2D eigenvalue weighted by Crippen LogP contribution is -2.47. The second-order valence-electron chi connectivity index (χ2n) is 6.74.